The van der Waals surface area contributed by atoms with Crippen molar-refractivity contribution in [3.05, 3.63) is 168 Å². The zero-order valence-electron chi connectivity index (χ0n) is 45.0. The van der Waals surface area contributed by atoms with Crippen LogP contribution in [0.1, 0.15) is 204 Å². The first-order valence-corrected chi connectivity index (χ1v) is 28.9. The number of benzene rings is 6. The lowest BCUT2D eigenvalue weighted by Gasteiger charge is -2.26. The molecule has 0 bridgehead atoms. The highest BCUT2D eigenvalue weighted by molar-refractivity contribution is 5.78. The minimum Gasteiger partial charge on any atom is -0.457 e. The zero-order chi connectivity index (χ0) is 49.6. The van der Waals surface area contributed by atoms with Crippen LogP contribution in [0.4, 0.5) is 34.1 Å². The third-order valence-electron chi connectivity index (χ3n) is 14.5. The van der Waals surface area contributed by atoms with Crippen molar-refractivity contribution in [2.24, 2.45) is 0 Å². The monoisotopic (exact) mass is 953 g/mol. The van der Waals surface area contributed by atoms with E-state index in [1.54, 1.807) is 0 Å². The van der Waals surface area contributed by atoms with Gasteiger partial charge in [0.25, 0.3) is 0 Å². The van der Waals surface area contributed by atoms with E-state index < -0.39 is 0 Å². The summed E-state index contributed by atoms with van der Waals surface area (Å²) in [6.07, 6.45) is 36.3. The van der Waals surface area contributed by atoms with E-state index in [1.807, 2.05) is 0 Å². The van der Waals surface area contributed by atoms with Gasteiger partial charge in [0.1, 0.15) is 11.5 Å². The van der Waals surface area contributed by atoms with E-state index >= 15 is 0 Å². The molecule has 0 aliphatic rings. The molecule has 3 heteroatoms. The predicted molar refractivity (Wildman–Crippen MR) is 311 cm³/mol. The molecule has 0 heterocycles. The highest BCUT2D eigenvalue weighted by atomic mass is 16.5. The van der Waals surface area contributed by atoms with Crippen LogP contribution >= 0.6 is 0 Å². The van der Waals surface area contributed by atoms with Gasteiger partial charge in [0.15, 0.2) is 0 Å². The summed E-state index contributed by atoms with van der Waals surface area (Å²) in [6, 6.07) is 54.4. The minimum atomic E-state index is 0.823. The van der Waals surface area contributed by atoms with E-state index in [2.05, 4.69) is 183 Å². The van der Waals surface area contributed by atoms with Crippen molar-refractivity contribution >= 4 is 34.1 Å². The fraction of sp³-hybridized carbons (Fsp3) is 0.471. The van der Waals surface area contributed by atoms with Crippen molar-refractivity contribution in [2.75, 3.05) is 9.80 Å². The second-order valence-electron chi connectivity index (χ2n) is 20.5. The van der Waals surface area contributed by atoms with Gasteiger partial charge in [-0.1, -0.05) is 205 Å². The van der Waals surface area contributed by atoms with Gasteiger partial charge in [-0.05, 0) is 171 Å². The van der Waals surface area contributed by atoms with Gasteiger partial charge >= 0.3 is 0 Å². The fourth-order valence-corrected chi connectivity index (χ4v) is 10.0. The van der Waals surface area contributed by atoms with Crippen LogP contribution in [0.5, 0.6) is 11.5 Å². The molecular formula is C68H92N2O. The Morgan fingerprint density at radius 1 is 0.225 bits per heavy atom. The van der Waals surface area contributed by atoms with Gasteiger partial charge in [-0.3, -0.25) is 0 Å². The molecule has 0 unspecified atom stereocenters. The molecule has 0 N–H and O–H groups in total. The van der Waals surface area contributed by atoms with Gasteiger partial charge in [-0.2, -0.15) is 0 Å². The number of ether oxygens (including phenoxy) is 1. The van der Waals surface area contributed by atoms with Crippen molar-refractivity contribution in [1.29, 1.82) is 0 Å². The summed E-state index contributed by atoms with van der Waals surface area (Å²) in [6.45, 7) is 9.16. The second kappa shape index (κ2) is 32.6. The van der Waals surface area contributed by atoms with Crippen molar-refractivity contribution in [3.63, 3.8) is 0 Å². The Morgan fingerprint density at radius 3 is 0.620 bits per heavy atom. The molecule has 3 nitrogen and oxygen atoms in total. The van der Waals surface area contributed by atoms with E-state index in [-0.39, 0.29) is 0 Å². The number of aryl methyl sites for hydroxylation is 4. The largest absolute Gasteiger partial charge is 0.457 e. The summed E-state index contributed by atoms with van der Waals surface area (Å²) >= 11 is 0. The average Bonchev–Trinajstić information content (AvgIpc) is 3.41. The fourth-order valence-electron chi connectivity index (χ4n) is 10.0. The van der Waals surface area contributed by atoms with Gasteiger partial charge in [0.2, 0.25) is 0 Å². The smallest absolute Gasteiger partial charge is 0.127 e. The van der Waals surface area contributed by atoms with Crippen molar-refractivity contribution in [1.82, 2.24) is 0 Å². The molecular weight excluding hydrogens is 861 g/mol. The van der Waals surface area contributed by atoms with Gasteiger partial charge in [-0.25, -0.2) is 0 Å². The number of hydrogen-bond donors (Lipinski definition) is 0. The van der Waals surface area contributed by atoms with Crippen LogP contribution in [0.15, 0.2) is 146 Å². The van der Waals surface area contributed by atoms with Crippen LogP contribution in [-0.2, 0) is 25.7 Å². The maximum absolute atomic E-state index is 6.57. The Labute approximate surface area is 433 Å². The summed E-state index contributed by atoms with van der Waals surface area (Å²) in [5.41, 5.74) is 12.6. The first-order valence-electron chi connectivity index (χ1n) is 28.9. The SMILES string of the molecule is CCCCCCCCc1ccc(N(c2ccc(CCCCCCCC)cc2)c2ccc(Oc3ccc(N(c4ccc(CCCCCCCC)cc4)c4ccc(CCCCCCCC)cc4)cc3)cc2)cc1. The maximum atomic E-state index is 6.57. The molecule has 0 aliphatic carbocycles. The normalized spacial score (nSPS) is 11.3. The molecule has 0 aliphatic heterocycles. The minimum absolute atomic E-state index is 0.823. The summed E-state index contributed by atoms with van der Waals surface area (Å²) in [4.78, 5) is 4.77. The Hall–Kier alpha value is -5.28. The predicted octanol–water partition coefficient (Wildman–Crippen LogP) is 22.0. The third-order valence-corrected chi connectivity index (χ3v) is 14.5. The summed E-state index contributed by atoms with van der Waals surface area (Å²) < 4.78 is 6.57. The molecule has 0 fully saturated rings. The van der Waals surface area contributed by atoms with E-state index in [4.69, 9.17) is 4.74 Å². The van der Waals surface area contributed by atoms with E-state index in [9.17, 15) is 0 Å². The number of nitrogens with zero attached hydrogens (tertiary/aromatic N) is 2. The highest BCUT2D eigenvalue weighted by Crippen LogP contribution is 2.39. The van der Waals surface area contributed by atoms with Gasteiger partial charge in [0.05, 0.1) is 0 Å². The molecule has 6 aromatic carbocycles. The Morgan fingerprint density at radius 2 is 0.408 bits per heavy atom. The van der Waals surface area contributed by atoms with Crippen molar-refractivity contribution in [2.45, 2.75) is 207 Å². The lowest BCUT2D eigenvalue weighted by Crippen LogP contribution is -2.10. The number of hydrogen-bond acceptors (Lipinski definition) is 3. The van der Waals surface area contributed by atoms with E-state index in [1.165, 1.54) is 199 Å². The third kappa shape index (κ3) is 19.3. The molecule has 0 amide bonds. The number of rotatable bonds is 36. The summed E-state index contributed by atoms with van der Waals surface area (Å²) in [7, 11) is 0. The second-order valence-corrected chi connectivity index (χ2v) is 20.5. The molecule has 6 rings (SSSR count). The molecule has 71 heavy (non-hydrogen) atoms. The molecule has 0 radical (unpaired) electrons. The van der Waals surface area contributed by atoms with Crippen LogP contribution in [0.25, 0.3) is 0 Å². The zero-order valence-corrected chi connectivity index (χ0v) is 45.0. The molecule has 0 saturated carbocycles. The quantitative estimate of drug-likeness (QED) is 0.0365. The van der Waals surface area contributed by atoms with Crippen LogP contribution in [-0.4, -0.2) is 0 Å². The van der Waals surface area contributed by atoms with Gasteiger partial charge in [-0.15, -0.1) is 0 Å². The first-order chi connectivity index (χ1) is 35.1. The Balaban J connectivity index is 1.15. The molecule has 380 valence electrons. The maximum Gasteiger partial charge on any atom is 0.127 e. The molecule has 0 atom stereocenters. The lowest BCUT2D eigenvalue weighted by molar-refractivity contribution is 0.483. The summed E-state index contributed by atoms with van der Waals surface area (Å²) in [5.74, 6) is 1.65. The van der Waals surface area contributed by atoms with Crippen LogP contribution in [0.2, 0.25) is 0 Å². The number of anilines is 6. The topological polar surface area (TPSA) is 15.7 Å². The standard InChI is InChI=1S/C68H92N2O/c1-5-9-13-17-21-25-29-57-33-41-61(42-34-57)69(62-43-35-58(36-44-62)30-26-22-18-14-10-6-2)65-49-53-67(54-50-65)71-68-55-51-66(52-56-68)70(63-45-37-59(38-46-63)31-27-23-19-15-11-7-3)64-47-39-60(40-48-64)32-28-24-20-16-12-8-4/h33-56H,5-32H2,1-4H3. The van der Waals surface area contributed by atoms with Crippen LogP contribution in [0, 0.1) is 0 Å². The number of unbranched alkanes of at least 4 members (excludes halogenated alkanes) is 20. The van der Waals surface area contributed by atoms with Crippen LogP contribution < -0.4 is 14.5 Å². The van der Waals surface area contributed by atoms with E-state index in [0.717, 1.165) is 48.6 Å². The molecule has 0 aromatic heterocycles. The highest BCUT2D eigenvalue weighted by Gasteiger charge is 2.16. The van der Waals surface area contributed by atoms with Crippen LogP contribution in [0.3, 0.4) is 0 Å². The molecule has 6 aromatic rings. The molecule has 0 saturated heterocycles. The van der Waals surface area contributed by atoms with Gasteiger partial charge < -0.3 is 14.5 Å². The Bertz CT molecular complexity index is 1980. The lowest BCUT2D eigenvalue weighted by atomic mass is 10.0. The van der Waals surface area contributed by atoms with E-state index in [0.29, 0.717) is 0 Å². The van der Waals surface area contributed by atoms with Crippen molar-refractivity contribution in [3.8, 4) is 11.5 Å². The average molecular weight is 953 g/mol. The summed E-state index contributed by atoms with van der Waals surface area (Å²) in [5, 5.41) is 0. The van der Waals surface area contributed by atoms with Gasteiger partial charge in [0, 0.05) is 34.1 Å². The first kappa shape index (κ1) is 55.0. The van der Waals surface area contributed by atoms with Crippen molar-refractivity contribution < 1.29 is 4.74 Å². The Kier molecular flexibility index (Phi) is 25.3. The molecule has 0 spiro atoms.